The van der Waals surface area contributed by atoms with E-state index in [0.29, 0.717) is 38.8 Å². The lowest BCUT2D eigenvalue weighted by atomic mass is 9.91. The van der Waals surface area contributed by atoms with E-state index in [0.717, 1.165) is 18.7 Å². The van der Waals surface area contributed by atoms with E-state index in [9.17, 15) is 24.9 Å². The molecule has 3 N–H and O–H groups in total. The fourth-order valence-corrected chi connectivity index (χ4v) is 5.98. The number of amides is 1. The van der Waals surface area contributed by atoms with Gasteiger partial charge in [0.2, 0.25) is 0 Å². The van der Waals surface area contributed by atoms with Crippen LogP contribution in [0.1, 0.15) is 73.6 Å². The average molecular weight is 621 g/mol. The molecule has 3 aliphatic rings. The molecule has 0 spiro atoms. The molecule has 0 aromatic rings. The number of allylic oxidation sites excluding steroid dienone is 2. The smallest absolute Gasteiger partial charge is 0.410 e. The van der Waals surface area contributed by atoms with Gasteiger partial charge in [0, 0.05) is 44.4 Å². The summed E-state index contributed by atoms with van der Waals surface area (Å²) in [5.74, 6) is -0.764. The minimum absolute atomic E-state index is 0.00801. The fourth-order valence-electron chi connectivity index (χ4n) is 5.98. The van der Waals surface area contributed by atoms with Crippen LogP contribution in [-0.2, 0) is 19.0 Å². The molecule has 10 heteroatoms. The van der Waals surface area contributed by atoms with Crippen LogP contribution >= 0.6 is 0 Å². The number of epoxide rings is 1. The first-order valence-corrected chi connectivity index (χ1v) is 16.3. The zero-order valence-electron chi connectivity index (χ0n) is 27.7. The number of esters is 1. The molecule has 3 rings (SSSR count). The quantitative estimate of drug-likeness (QED) is 0.152. The first-order valence-electron chi connectivity index (χ1n) is 16.3. The maximum atomic E-state index is 13.0. The predicted molar refractivity (Wildman–Crippen MR) is 169 cm³/mol. The molecule has 0 bridgehead atoms. The molecule has 0 saturated carbocycles. The van der Waals surface area contributed by atoms with Crippen molar-refractivity contribution in [2.24, 2.45) is 17.8 Å². The Morgan fingerprint density at radius 2 is 1.89 bits per heavy atom. The molecule has 250 valence electrons. The molecule has 2 fully saturated rings. The van der Waals surface area contributed by atoms with Crippen molar-refractivity contribution in [3.63, 3.8) is 0 Å². The number of piperazine rings is 1. The van der Waals surface area contributed by atoms with Crippen molar-refractivity contribution in [2.45, 2.75) is 116 Å². The van der Waals surface area contributed by atoms with E-state index in [1.54, 1.807) is 24.0 Å². The Bertz CT molecular complexity index is 1030. The summed E-state index contributed by atoms with van der Waals surface area (Å²) in [4.78, 5) is 29.7. The van der Waals surface area contributed by atoms with Gasteiger partial charge < -0.3 is 39.3 Å². The van der Waals surface area contributed by atoms with E-state index in [1.165, 1.54) is 0 Å². The summed E-state index contributed by atoms with van der Waals surface area (Å²) in [7, 11) is 2.03. The van der Waals surface area contributed by atoms with Crippen molar-refractivity contribution < 1.29 is 39.1 Å². The number of carbonyl (C=O) groups excluding carboxylic acids is 2. The van der Waals surface area contributed by atoms with Gasteiger partial charge in [0.05, 0.1) is 36.4 Å². The van der Waals surface area contributed by atoms with Gasteiger partial charge in [-0.05, 0) is 57.7 Å². The van der Waals surface area contributed by atoms with Gasteiger partial charge >= 0.3 is 12.1 Å². The van der Waals surface area contributed by atoms with Gasteiger partial charge in [-0.15, -0.1) is 0 Å². The highest BCUT2D eigenvalue weighted by atomic mass is 16.6. The number of nitrogens with zero attached hydrogens (tertiary/aromatic N) is 2. The second-order valence-electron chi connectivity index (χ2n) is 13.5. The zero-order chi connectivity index (χ0) is 32.6. The van der Waals surface area contributed by atoms with Crippen molar-refractivity contribution in [3.05, 3.63) is 36.0 Å². The van der Waals surface area contributed by atoms with E-state index < -0.39 is 36.0 Å². The molecule has 0 aromatic heterocycles. The number of aliphatic hydroxyl groups excluding tert-OH is 2. The number of ether oxygens (including phenoxy) is 3. The van der Waals surface area contributed by atoms with E-state index in [4.69, 9.17) is 14.2 Å². The van der Waals surface area contributed by atoms with Gasteiger partial charge in [0.15, 0.2) is 0 Å². The topological polar surface area (TPSA) is 132 Å². The van der Waals surface area contributed by atoms with Crippen molar-refractivity contribution >= 4 is 12.1 Å². The van der Waals surface area contributed by atoms with Gasteiger partial charge in [-0.3, -0.25) is 4.79 Å². The minimum atomic E-state index is -1.12. The summed E-state index contributed by atoms with van der Waals surface area (Å²) in [6.45, 7) is 14.3. The van der Waals surface area contributed by atoms with Crippen molar-refractivity contribution in [3.8, 4) is 0 Å². The minimum Gasteiger partial charge on any atom is -0.457 e. The maximum absolute atomic E-state index is 13.0. The van der Waals surface area contributed by atoms with E-state index in [2.05, 4.69) is 4.90 Å². The third-order valence-corrected chi connectivity index (χ3v) is 9.30. The van der Waals surface area contributed by atoms with Crippen LogP contribution in [0.25, 0.3) is 0 Å². The van der Waals surface area contributed by atoms with Gasteiger partial charge in [-0.25, -0.2) is 4.79 Å². The molecular weight excluding hydrogens is 564 g/mol. The van der Waals surface area contributed by atoms with Crippen molar-refractivity contribution in [2.75, 3.05) is 33.2 Å². The largest absolute Gasteiger partial charge is 0.457 e. The molecular formula is C34H56N2O8. The zero-order valence-corrected chi connectivity index (χ0v) is 27.7. The van der Waals surface area contributed by atoms with Crippen molar-refractivity contribution in [1.29, 1.82) is 0 Å². The highest BCUT2D eigenvalue weighted by molar-refractivity contribution is 5.70. The monoisotopic (exact) mass is 620 g/mol. The summed E-state index contributed by atoms with van der Waals surface area (Å²) in [5.41, 5.74) is -0.350. The van der Waals surface area contributed by atoms with Gasteiger partial charge in [-0.2, -0.15) is 0 Å². The van der Waals surface area contributed by atoms with Crippen LogP contribution in [0, 0.1) is 17.8 Å². The van der Waals surface area contributed by atoms with Crippen LogP contribution in [0.15, 0.2) is 36.0 Å². The molecule has 1 amide bonds. The van der Waals surface area contributed by atoms with Crippen LogP contribution in [0.2, 0.25) is 0 Å². The Morgan fingerprint density at radius 1 is 1.20 bits per heavy atom. The number of carbonyl (C=O) groups is 2. The molecule has 10 nitrogen and oxygen atoms in total. The third-order valence-electron chi connectivity index (χ3n) is 9.30. The average Bonchev–Trinajstić information content (AvgIpc) is 3.73. The molecule has 3 heterocycles. The molecule has 0 aliphatic carbocycles. The number of aliphatic hydroxyl groups is 3. The first-order chi connectivity index (χ1) is 20.7. The lowest BCUT2D eigenvalue weighted by Gasteiger charge is -2.33. The second kappa shape index (κ2) is 16.4. The van der Waals surface area contributed by atoms with Crippen molar-refractivity contribution in [1.82, 2.24) is 9.80 Å². The Hall–Kier alpha value is -2.24. The maximum Gasteiger partial charge on any atom is 0.410 e. The lowest BCUT2D eigenvalue weighted by molar-refractivity contribution is -0.151. The Labute approximate surface area is 263 Å². The van der Waals surface area contributed by atoms with Crippen LogP contribution < -0.4 is 0 Å². The van der Waals surface area contributed by atoms with Crippen LogP contribution in [0.4, 0.5) is 4.79 Å². The molecule has 10 unspecified atom stereocenters. The first kappa shape index (κ1) is 36.2. The Balaban J connectivity index is 1.70. The second-order valence-corrected chi connectivity index (χ2v) is 13.5. The van der Waals surface area contributed by atoms with Crippen LogP contribution in [0.3, 0.4) is 0 Å². The van der Waals surface area contributed by atoms with Gasteiger partial charge in [0.25, 0.3) is 0 Å². The van der Waals surface area contributed by atoms with Crippen LogP contribution in [0.5, 0.6) is 0 Å². The normalized spacial score (nSPS) is 34.7. The lowest BCUT2D eigenvalue weighted by Crippen LogP contribution is -2.48. The summed E-state index contributed by atoms with van der Waals surface area (Å²) in [5, 5.41) is 31.7. The number of rotatable bonds is 9. The van der Waals surface area contributed by atoms with E-state index in [-0.39, 0.29) is 42.5 Å². The number of cyclic esters (lactones) is 1. The number of hydrogen-bond donors (Lipinski definition) is 3. The Kier molecular flexibility index (Phi) is 13.5. The van der Waals surface area contributed by atoms with Gasteiger partial charge in [-0.1, -0.05) is 52.0 Å². The van der Waals surface area contributed by atoms with Crippen LogP contribution in [-0.4, -0.2) is 113 Å². The molecule has 2 saturated heterocycles. The summed E-state index contributed by atoms with van der Waals surface area (Å²) >= 11 is 0. The summed E-state index contributed by atoms with van der Waals surface area (Å²) in [6.07, 6.45) is 8.14. The predicted octanol–water partition coefficient (Wildman–Crippen LogP) is 3.84. The standard InChI is InChI=1S/C34H56N2O8/c1-8-27(38)25(5)32-29(42-32)21-34(6,41)15-9-10-23(3)31-24(4)12-14-28(22(2)11-13-26(37)20-30(39)44-31)43-33(40)36-18-16-35(7)17-19-36/h9-10,12,14-15,22,24-29,31-32,37-38,41H,8,11,13,16-21H2,1-7H3/b14-12-,15-9+,23-10+. The molecule has 3 aliphatic heterocycles. The SMILES string of the molecule is CCC(O)C(C)C1OC1CC(C)(O)/C=C/C=C(\C)C1OC(=O)CC(O)CCC(C)C(OC(=O)N2CCN(C)CC2)/C=C\C1C. The molecule has 0 aromatic carbocycles. The highest BCUT2D eigenvalue weighted by Gasteiger charge is 2.47. The summed E-state index contributed by atoms with van der Waals surface area (Å²) < 4.78 is 17.6. The third kappa shape index (κ3) is 11.0. The van der Waals surface area contributed by atoms with E-state index in [1.807, 2.05) is 59.9 Å². The molecule has 44 heavy (non-hydrogen) atoms. The highest BCUT2D eigenvalue weighted by Crippen LogP contribution is 2.37. The molecule has 0 radical (unpaired) electrons. The number of likely N-dealkylation sites (N-methyl/N-ethyl adjacent to an activating group) is 1. The summed E-state index contributed by atoms with van der Waals surface area (Å²) in [6, 6.07) is 0. The Morgan fingerprint density at radius 3 is 2.55 bits per heavy atom. The van der Waals surface area contributed by atoms with E-state index >= 15 is 0 Å². The fraction of sp³-hybridized carbons (Fsp3) is 0.765. The molecule has 10 atom stereocenters. The van der Waals surface area contributed by atoms with Gasteiger partial charge in [0.1, 0.15) is 12.2 Å². The number of hydrogen-bond acceptors (Lipinski definition) is 9.